The maximum Gasteiger partial charge on any atom is 0.0367 e. The maximum atomic E-state index is 3.99. The molecule has 1 unspecified atom stereocenters. The number of allylic oxidation sites excluding steroid dienone is 6. The molecule has 1 aliphatic rings. The number of rotatable bonds is 3. The van der Waals surface area contributed by atoms with E-state index >= 15 is 0 Å². The zero-order chi connectivity index (χ0) is 13.3. The molecule has 0 N–H and O–H groups in total. The van der Waals surface area contributed by atoms with Gasteiger partial charge in [-0.15, -0.1) is 0 Å². The van der Waals surface area contributed by atoms with Crippen LogP contribution in [0, 0.1) is 6.92 Å². The van der Waals surface area contributed by atoms with Crippen molar-refractivity contribution in [2.45, 2.75) is 26.2 Å². The van der Waals surface area contributed by atoms with Gasteiger partial charge in [0.2, 0.25) is 0 Å². The van der Waals surface area contributed by atoms with Crippen LogP contribution in [-0.4, -0.2) is 0 Å². The van der Waals surface area contributed by atoms with E-state index in [1.807, 2.05) is 12.2 Å². The first-order valence-corrected chi connectivity index (χ1v) is 6.30. The largest absolute Gasteiger partial charge is 0.0987 e. The summed E-state index contributed by atoms with van der Waals surface area (Å²) < 4.78 is 0. The molecule has 0 heteroatoms. The molecule has 0 fully saturated rings. The molecule has 92 valence electrons. The Bertz CT molecular complexity index is 569. The Morgan fingerprint density at radius 2 is 1.72 bits per heavy atom. The summed E-state index contributed by atoms with van der Waals surface area (Å²) in [5.74, 6) is 0. The molecule has 1 aliphatic carbocycles. The third kappa shape index (κ3) is 1.69. The van der Waals surface area contributed by atoms with Gasteiger partial charge in [-0.1, -0.05) is 55.7 Å². The normalized spacial score (nSPS) is 22.9. The van der Waals surface area contributed by atoms with Gasteiger partial charge in [0.1, 0.15) is 0 Å². The van der Waals surface area contributed by atoms with Crippen LogP contribution in [-0.2, 0) is 5.41 Å². The van der Waals surface area contributed by atoms with Crippen LogP contribution in [0.3, 0.4) is 0 Å². The quantitative estimate of drug-likeness (QED) is 0.701. The molecule has 0 radical (unpaired) electrons. The number of benzene rings is 1. The van der Waals surface area contributed by atoms with Crippen molar-refractivity contribution in [1.29, 1.82) is 0 Å². The first kappa shape index (κ1) is 12.6. The monoisotopic (exact) mass is 236 g/mol. The third-order valence-corrected chi connectivity index (χ3v) is 3.89. The van der Waals surface area contributed by atoms with Crippen molar-refractivity contribution in [3.63, 3.8) is 0 Å². The van der Waals surface area contributed by atoms with Crippen molar-refractivity contribution in [2.24, 2.45) is 0 Å². The molecule has 0 spiro atoms. The highest BCUT2D eigenvalue weighted by atomic mass is 14.4. The molecule has 0 bridgehead atoms. The zero-order valence-corrected chi connectivity index (χ0v) is 11.5. The van der Waals surface area contributed by atoms with Crippen LogP contribution in [0.15, 0.2) is 72.4 Å². The lowest BCUT2D eigenvalue weighted by molar-refractivity contribution is 0.726. The SMILES string of the molecule is C=CC1=C(C=C)C(C)(c2ccccc2C)C=C1C. The third-order valence-electron chi connectivity index (χ3n) is 3.89. The Labute approximate surface area is 110 Å². The highest BCUT2D eigenvalue weighted by Crippen LogP contribution is 2.45. The topological polar surface area (TPSA) is 0 Å². The highest BCUT2D eigenvalue weighted by Gasteiger charge is 2.34. The molecule has 0 saturated carbocycles. The molecule has 0 saturated heterocycles. The average molecular weight is 236 g/mol. The van der Waals surface area contributed by atoms with Gasteiger partial charge in [0.25, 0.3) is 0 Å². The molecule has 0 aliphatic heterocycles. The Balaban J connectivity index is 2.71. The van der Waals surface area contributed by atoms with Gasteiger partial charge in [0, 0.05) is 5.41 Å². The second kappa shape index (κ2) is 4.45. The molecule has 0 heterocycles. The number of aryl methyl sites for hydroxylation is 1. The van der Waals surface area contributed by atoms with E-state index in [-0.39, 0.29) is 5.41 Å². The molecule has 1 aromatic carbocycles. The molecular weight excluding hydrogens is 216 g/mol. The minimum Gasteiger partial charge on any atom is -0.0987 e. The van der Waals surface area contributed by atoms with Gasteiger partial charge < -0.3 is 0 Å². The summed E-state index contributed by atoms with van der Waals surface area (Å²) >= 11 is 0. The highest BCUT2D eigenvalue weighted by molar-refractivity contribution is 5.63. The van der Waals surface area contributed by atoms with E-state index in [1.54, 1.807) is 0 Å². The van der Waals surface area contributed by atoms with Gasteiger partial charge in [-0.25, -0.2) is 0 Å². The summed E-state index contributed by atoms with van der Waals surface area (Å²) in [7, 11) is 0. The summed E-state index contributed by atoms with van der Waals surface area (Å²) in [6.45, 7) is 14.5. The van der Waals surface area contributed by atoms with Crippen molar-refractivity contribution in [1.82, 2.24) is 0 Å². The summed E-state index contributed by atoms with van der Waals surface area (Å²) in [6, 6.07) is 8.55. The van der Waals surface area contributed by atoms with Gasteiger partial charge in [0.05, 0.1) is 0 Å². The second-order valence-electron chi connectivity index (χ2n) is 5.08. The van der Waals surface area contributed by atoms with Crippen molar-refractivity contribution in [3.05, 3.63) is 83.5 Å². The van der Waals surface area contributed by atoms with Gasteiger partial charge >= 0.3 is 0 Å². The molecular formula is C18H20. The fourth-order valence-electron chi connectivity index (χ4n) is 3.05. The molecule has 18 heavy (non-hydrogen) atoms. The molecule has 1 aromatic rings. The van der Waals surface area contributed by atoms with E-state index < -0.39 is 0 Å². The van der Waals surface area contributed by atoms with E-state index in [0.29, 0.717) is 0 Å². The number of hydrogen-bond acceptors (Lipinski definition) is 0. The molecule has 0 aromatic heterocycles. The summed E-state index contributed by atoms with van der Waals surface area (Å²) in [4.78, 5) is 0. The van der Waals surface area contributed by atoms with Crippen LogP contribution >= 0.6 is 0 Å². The van der Waals surface area contributed by atoms with Crippen molar-refractivity contribution >= 4 is 0 Å². The Kier molecular flexibility index (Phi) is 3.13. The van der Waals surface area contributed by atoms with Crippen LogP contribution in [0.5, 0.6) is 0 Å². The first-order valence-electron chi connectivity index (χ1n) is 6.30. The lowest BCUT2D eigenvalue weighted by Crippen LogP contribution is -2.20. The lowest BCUT2D eigenvalue weighted by atomic mass is 9.75. The van der Waals surface area contributed by atoms with Gasteiger partial charge in [-0.2, -0.15) is 0 Å². The summed E-state index contributed by atoms with van der Waals surface area (Å²) in [5.41, 5.74) is 6.33. The molecule has 1 atom stereocenters. The average Bonchev–Trinajstić information content (AvgIpc) is 2.60. The number of hydrogen-bond donors (Lipinski definition) is 0. The van der Waals surface area contributed by atoms with E-state index in [1.165, 1.54) is 27.8 Å². The first-order chi connectivity index (χ1) is 8.54. The van der Waals surface area contributed by atoms with Gasteiger partial charge in [0.15, 0.2) is 0 Å². The predicted molar refractivity (Wildman–Crippen MR) is 79.7 cm³/mol. The van der Waals surface area contributed by atoms with E-state index in [4.69, 9.17) is 0 Å². The smallest absolute Gasteiger partial charge is 0.0367 e. The fraction of sp³-hybridized carbons (Fsp3) is 0.222. The molecule has 0 amide bonds. The van der Waals surface area contributed by atoms with Crippen LogP contribution in [0.4, 0.5) is 0 Å². The van der Waals surface area contributed by atoms with Crippen molar-refractivity contribution in [3.8, 4) is 0 Å². The van der Waals surface area contributed by atoms with Crippen molar-refractivity contribution < 1.29 is 0 Å². The van der Waals surface area contributed by atoms with E-state index in [9.17, 15) is 0 Å². The Morgan fingerprint density at radius 3 is 2.28 bits per heavy atom. The molecule has 0 nitrogen and oxygen atoms in total. The molecule has 2 rings (SSSR count). The Morgan fingerprint density at radius 1 is 1.06 bits per heavy atom. The van der Waals surface area contributed by atoms with Gasteiger partial charge in [-0.05, 0) is 48.6 Å². The van der Waals surface area contributed by atoms with Crippen LogP contribution < -0.4 is 0 Å². The van der Waals surface area contributed by atoms with Crippen LogP contribution in [0.25, 0.3) is 0 Å². The van der Waals surface area contributed by atoms with Crippen LogP contribution in [0.1, 0.15) is 25.0 Å². The van der Waals surface area contributed by atoms with Crippen molar-refractivity contribution in [2.75, 3.05) is 0 Å². The summed E-state index contributed by atoms with van der Waals surface area (Å²) in [5, 5.41) is 0. The zero-order valence-electron chi connectivity index (χ0n) is 11.5. The predicted octanol–water partition coefficient (Wildman–Crippen LogP) is 4.88. The minimum atomic E-state index is -0.0826. The maximum absolute atomic E-state index is 3.99. The van der Waals surface area contributed by atoms with E-state index in [0.717, 1.165) is 0 Å². The van der Waals surface area contributed by atoms with Crippen LogP contribution in [0.2, 0.25) is 0 Å². The van der Waals surface area contributed by atoms with Gasteiger partial charge in [-0.3, -0.25) is 0 Å². The lowest BCUT2D eigenvalue weighted by Gasteiger charge is -2.27. The Hall–Kier alpha value is -1.82. The second-order valence-corrected chi connectivity index (χ2v) is 5.08. The minimum absolute atomic E-state index is 0.0826. The summed E-state index contributed by atoms with van der Waals surface area (Å²) in [6.07, 6.45) is 6.23. The fourth-order valence-corrected chi connectivity index (χ4v) is 3.05. The standard InChI is InChI=1S/C18H20/c1-6-15-14(4)12-18(5,16(15)7-2)17-11-9-8-10-13(17)3/h6-12H,1-2H2,3-5H3. The van der Waals surface area contributed by atoms with E-state index in [2.05, 4.69) is 64.3 Å².